The fourth-order valence-electron chi connectivity index (χ4n) is 3.39. The number of likely N-dealkylation sites (tertiary alicyclic amines) is 1. The van der Waals surface area contributed by atoms with Crippen molar-refractivity contribution in [2.45, 2.75) is 44.6 Å². The van der Waals surface area contributed by atoms with Crippen molar-refractivity contribution < 1.29 is 4.79 Å². The summed E-state index contributed by atoms with van der Waals surface area (Å²) in [4.78, 5) is 16.2. The van der Waals surface area contributed by atoms with E-state index < -0.39 is 0 Å². The molecular formula is C14H23N3O. The van der Waals surface area contributed by atoms with Crippen molar-refractivity contribution in [3.8, 4) is 6.07 Å². The molecule has 4 heteroatoms. The van der Waals surface area contributed by atoms with Crippen LogP contribution in [0.1, 0.15) is 38.5 Å². The van der Waals surface area contributed by atoms with Gasteiger partial charge >= 0.3 is 0 Å². The first kappa shape index (κ1) is 13.4. The van der Waals surface area contributed by atoms with E-state index in [0.29, 0.717) is 25.6 Å². The largest absolute Gasteiger partial charge is 0.344 e. The van der Waals surface area contributed by atoms with Crippen LogP contribution in [0.15, 0.2) is 0 Å². The maximum Gasteiger partial charge on any atom is 0.236 e. The zero-order valence-corrected chi connectivity index (χ0v) is 11.3. The van der Waals surface area contributed by atoms with Gasteiger partial charge in [-0.15, -0.1) is 0 Å². The molecule has 1 aliphatic heterocycles. The Kier molecular flexibility index (Phi) is 4.60. The van der Waals surface area contributed by atoms with Crippen LogP contribution in [-0.2, 0) is 4.79 Å². The van der Waals surface area contributed by atoms with Gasteiger partial charge in [0, 0.05) is 19.6 Å². The Morgan fingerprint density at radius 2 is 2.17 bits per heavy atom. The zero-order valence-electron chi connectivity index (χ0n) is 11.3. The SMILES string of the molecule is CN(CCC#N)C(=O)CN1CCCC2CCCC21. The minimum absolute atomic E-state index is 0.165. The van der Waals surface area contributed by atoms with Crippen LogP contribution in [0.2, 0.25) is 0 Å². The van der Waals surface area contributed by atoms with Crippen molar-refractivity contribution in [2.24, 2.45) is 5.92 Å². The van der Waals surface area contributed by atoms with Crippen LogP contribution in [0, 0.1) is 17.2 Å². The van der Waals surface area contributed by atoms with Gasteiger partial charge in [-0.25, -0.2) is 0 Å². The quantitative estimate of drug-likeness (QED) is 0.760. The lowest BCUT2D eigenvalue weighted by Crippen LogP contribution is -2.47. The summed E-state index contributed by atoms with van der Waals surface area (Å²) in [5.41, 5.74) is 0. The Hall–Kier alpha value is -1.08. The van der Waals surface area contributed by atoms with Gasteiger partial charge in [-0.3, -0.25) is 9.69 Å². The van der Waals surface area contributed by atoms with Gasteiger partial charge in [-0.2, -0.15) is 5.26 Å². The number of likely N-dealkylation sites (N-methyl/N-ethyl adjacent to an activating group) is 1. The molecule has 2 rings (SSSR count). The van der Waals surface area contributed by atoms with Gasteiger partial charge in [0.1, 0.15) is 0 Å². The number of carbonyl (C=O) groups is 1. The van der Waals surface area contributed by atoms with E-state index in [9.17, 15) is 4.79 Å². The molecule has 2 atom stereocenters. The molecule has 4 nitrogen and oxygen atoms in total. The van der Waals surface area contributed by atoms with E-state index in [4.69, 9.17) is 5.26 Å². The summed E-state index contributed by atoms with van der Waals surface area (Å²) in [7, 11) is 1.80. The van der Waals surface area contributed by atoms with Gasteiger partial charge in [0.05, 0.1) is 19.0 Å². The zero-order chi connectivity index (χ0) is 13.0. The number of carbonyl (C=O) groups excluding carboxylic acids is 1. The smallest absolute Gasteiger partial charge is 0.236 e. The molecule has 0 aromatic rings. The van der Waals surface area contributed by atoms with Crippen molar-refractivity contribution in [1.29, 1.82) is 5.26 Å². The molecule has 18 heavy (non-hydrogen) atoms. The topological polar surface area (TPSA) is 47.3 Å². The average molecular weight is 249 g/mol. The number of nitriles is 1. The third-order valence-electron chi connectivity index (χ3n) is 4.43. The number of amides is 1. The lowest BCUT2D eigenvalue weighted by Gasteiger charge is -2.37. The molecule has 0 aromatic heterocycles. The second-order valence-electron chi connectivity index (χ2n) is 5.59. The minimum Gasteiger partial charge on any atom is -0.344 e. The minimum atomic E-state index is 0.165. The van der Waals surface area contributed by atoms with Gasteiger partial charge in [0.15, 0.2) is 0 Å². The summed E-state index contributed by atoms with van der Waals surface area (Å²) in [5, 5.41) is 8.54. The lowest BCUT2D eigenvalue weighted by molar-refractivity contribution is -0.132. The van der Waals surface area contributed by atoms with E-state index in [1.807, 2.05) is 0 Å². The Bertz CT molecular complexity index is 336. The van der Waals surface area contributed by atoms with Crippen molar-refractivity contribution >= 4 is 5.91 Å². The van der Waals surface area contributed by atoms with Crippen molar-refractivity contribution in [3.63, 3.8) is 0 Å². The molecule has 1 aliphatic carbocycles. The number of hydrogen-bond acceptors (Lipinski definition) is 3. The first-order valence-electron chi connectivity index (χ1n) is 7.07. The molecule has 0 bridgehead atoms. The number of nitrogens with zero attached hydrogens (tertiary/aromatic N) is 3. The van der Waals surface area contributed by atoms with Crippen LogP contribution in [0.3, 0.4) is 0 Å². The average Bonchev–Trinajstić information content (AvgIpc) is 2.85. The third kappa shape index (κ3) is 3.02. The number of rotatable bonds is 4. The van der Waals surface area contributed by atoms with Crippen LogP contribution in [-0.4, -0.2) is 48.4 Å². The van der Waals surface area contributed by atoms with Crippen LogP contribution in [0.25, 0.3) is 0 Å². The molecule has 1 heterocycles. The Morgan fingerprint density at radius 3 is 2.94 bits per heavy atom. The number of fused-ring (bicyclic) bond motifs is 1. The summed E-state index contributed by atoms with van der Waals surface area (Å²) in [6.45, 7) is 2.17. The molecule has 0 N–H and O–H groups in total. The number of hydrogen-bond donors (Lipinski definition) is 0. The molecule has 2 unspecified atom stereocenters. The highest BCUT2D eigenvalue weighted by molar-refractivity contribution is 5.78. The second kappa shape index (κ2) is 6.19. The van der Waals surface area contributed by atoms with E-state index in [1.54, 1.807) is 11.9 Å². The van der Waals surface area contributed by atoms with Gasteiger partial charge < -0.3 is 4.90 Å². The Balaban J connectivity index is 1.84. The first-order chi connectivity index (χ1) is 8.72. The highest BCUT2D eigenvalue weighted by Crippen LogP contribution is 2.36. The first-order valence-corrected chi connectivity index (χ1v) is 7.07. The van der Waals surface area contributed by atoms with Crippen LogP contribution < -0.4 is 0 Å². The van der Waals surface area contributed by atoms with Gasteiger partial charge in [0.25, 0.3) is 0 Å². The summed E-state index contributed by atoms with van der Waals surface area (Å²) < 4.78 is 0. The third-order valence-corrected chi connectivity index (χ3v) is 4.43. The molecule has 100 valence electrons. The predicted octanol–water partition coefficient (Wildman–Crippen LogP) is 1.62. The molecule has 0 radical (unpaired) electrons. The summed E-state index contributed by atoms with van der Waals surface area (Å²) in [6.07, 6.45) is 6.94. The molecular weight excluding hydrogens is 226 g/mol. The molecule has 1 saturated carbocycles. The Labute approximate surface area is 110 Å². The summed E-state index contributed by atoms with van der Waals surface area (Å²) >= 11 is 0. The maximum absolute atomic E-state index is 12.1. The van der Waals surface area contributed by atoms with Crippen molar-refractivity contribution in [2.75, 3.05) is 26.7 Å². The molecule has 2 fully saturated rings. The van der Waals surface area contributed by atoms with Crippen LogP contribution in [0.4, 0.5) is 0 Å². The maximum atomic E-state index is 12.1. The molecule has 0 spiro atoms. The molecule has 0 aromatic carbocycles. The lowest BCUT2D eigenvalue weighted by atomic mass is 9.92. The molecule has 1 saturated heterocycles. The highest BCUT2D eigenvalue weighted by atomic mass is 16.2. The van der Waals surface area contributed by atoms with Crippen LogP contribution >= 0.6 is 0 Å². The van der Waals surface area contributed by atoms with Gasteiger partial charge in [-0.1, -0.05) is 6.42 Å². The van der Waals surface area contributed by atoms with E-state index in [1.165, 1.54) is 32.1 Å². The van der Waals surface area contributed by atoms with Crippen LogP contribution in [0.5, 0.6) is 0 Å². The van der Waals surface area contributed by atoms with Gasteiger partial charge in [-0.05, 0) is 38.1 Å². The van der Waals surface area contributed by atoms with E-state index in [0.717, 1.165) is 12.5 Å². The van der Waals surface area contributed by atoms with Crippen molar-refractivity contribution in [3.05, 3.63) is 0 Å². The normalized spacial score (nSPS) is 27.6. The summed E-state index contributed by atoms with van der Waals surface area (Å²) in [6, 6.07) is 2.73. The van der Waals surface area contributed by atoms with E-state index >= 15 is 0 Å². The predicted molar refractivity (Wildman–Crippen MR) is 69.8 cm³/mol. The summed E-state index contributed by atoms with van der Waals surface area (Å²) in [5.74, 6) is 0.994. The fourth-order valence-corrected chi connectivity index (χ4v) is 3.39. The molecule has 2 aliphatic rings. The van der Waals surface area contributed by atoms with E-state index in [-0.39, 0.29) is 5.91 Å². The van der Waals surface area contributed by atoms with E-state index in [2.05, 4.69) is 11.0 Å². The monoisotopic (exact) mass is 249 g/mol. The molecule has 1 amide bonds. The van der Waals surface area contributed by atoms with Gasteiger partial charge in [0.2, 0.25) is 5.91 Å². The van der Waals surface area contributed by atoms with Crippen molar-refractivity contribution in [1.82, 2.24) is 9.80 Å². The standard InChI is InChI=1S/C14H23N3O/c1-16(9-4-8-15)14(18)11-17-10-3-6-12-5-2-7-13(12)17/h12-13H,2-7,9-11H2,1H3. The number of piperidine rings is 1. The second-order valence-corrected chi connectivity index (χ2v) is 5.59. The fraction of sp³-hybridized carbons (Fsp3) is 0.857. The highest BCUT2D eigenvalue weighted by Gasteiger charge is 2.35. The Morgan fingerprint density at radius 1 is 1.39 bits per heavy atom.